The van der Waals surface area contributed by atoms with Crippen molar-refractivity contribution < 1.29 is 22.6 Å². The molecule has 0 radical (unpaired) electrons. The van der Waals surface area contributed by atoms with E-state index < -0.39 is 23.7 Å². The lowest BCUT2D eigenvalue weighted by atomic mass is 10.2. The molecule has 0 N–H and O–H groups in total. The third kappa shape index (κ3) is 4.77. The molecule has 2 aromatic rings. The minimum Gasteiger partial charge on any atom is -0.494 e. The van der Waals surface area contributed by atoms with Crippen molar-refractivity contribution in [3.8, 4) is 11.6 Å². The topological polar surface area (TPSA) is 47.5 Å². The standard InChI is InChI=1S/C18H22F3N3O2/c1-5-24(13-7-9-14(10-8-13)25-6-2)17-22-11-15(18(19,20)21)16(23-17)26-12(3)4/h7-12H,5-6H2,1-4H3. The van der Waals surface area contributed by atoms with E-state index in [1.165, 1.54) is 0 Å². The van der Waals surface area contributed by atoms with Crippen LogP contribution >= 0.6 is 0 Å². The molecular weight excluding hydrogens is 347 g/mol. The number of aromatic nitrogens is 2. The number of ether oxygens (including phenoxy) is 2. The van der Waals surface area contributed by atoms with Crippen molar-refractivity contribution in [1.29, 1.82) is 0 Å². The second-order valence-corrected chi connectivity index (χ2v) is 5.72. The molecule has 0 atom stereocenters. The Morgan fingerprint density at radius 1 is 1.12 bits per heavy atom. The average molecular weight is 369 g/mol. The Hall–Kier alpha value is -2.51. The van der Waals surface area contributed by atoms with E-state index in [-0.39, 0.29) is 5.95 Å². The van der Waals surface area contributed by atoms with E-state index in [1.54, 1.807) is 43.0 Å². The van der Waals surface area contributed by atoms with Gasteiger partial charge in [0.2, 0.25) is 11.8 Å². The fourth-order valence-corrected chi connectivity index (χ4v) is 2.32. The Balaban J connectivity index is 2.40. The van der Waals surface area contributed by atoms with Gasteiger partial charge in [0.1, 0.15) is 11.3 Å². The van der Waals surface area contributed by atoms with Crippen molar-refractivity contribution in [2.75, 3.05) is 18.1 Å². The second-order valence-electron chi connectivity index (χ2n) is 5.72. The van der Waals surface area contributed by atoms with Crippen LogP contribution in [0.2, 0.25) is 0 Å². The molecule has 0 saturated carbocycles. The van der Waals surface area contributed by atoms with Crippen LogP contribution in [0, 0.1) is 0 Å². The van der Waals surface area contributed by atoms with E-state index in [0.717, 1.165) is 11.9 Å². The van der Waals surface area contributed by atoms with Crippen LogP contribution in [0.5, 0.6) is 11.6 Å². The second kappa shape index (κ2) is 8.25. The highest BCUT2D eigenvalue weighted by atomic mass is 19.4. The molecule has 0 saturated heterocycles. The predicted molar refractivity (Wildman–Crippen MR) is 93.1 cm³/mol. The third-order valence-electron chi connectivity index (χ3n) is 3.41. The summed E-state index contributed by atoms with van der Waals surface area (Å²) in [5.74, 6) is 0.381. The Kier molecular flexibility index (Phi) is 6.28. The van der Waals surface area contributed by atoms with E-state index in [1.807, 2.05) is 13.8 Å². The van der Waals surface area contributed by atoms with Gasteiger partial charge in [-0.05, 0) is 52.0 Å². The Bertz CT molecular complexity index is 719. The molecule has 1 aromatic carbocycles. The summed E-state index contributed by atoms with van der Waals surface area (Å²) in [7, 11) is 0. The molecule has 26 heavy (non-hydrogen) atoms. The normalized spacial score (nSPS) is 11.5. The van der Waals surface area contributed by atoms with Gasteiger partial charge in [0.15, 0.2) is 0 Å². The maximum atomic E-state index is 13.2. The summed E-state index contributed by atoms with van der Waals surface area (Å²) >= 11 is 0. The Morgan fingerprint density at radius 3 is 2.27 bits per heavy atom. The van der Waals surface area contributed by atoms with Gasteiger partial charge in [-0.25, -0.2) is 4.98 Å². The van der Waals surface area contributed by atoms with Crippen LogP contribution in [-0.2, 0) is 6.18 Å². The number of halogens is 3. The van der Waals surface area contributed by atoms with Gasteiger partial charge < -0.3 is 14.4 Å². The zero-order chi connectivity index (χ0) is 19.3. The van der Waals surface area contributed by atoms with Crippen molar-refractivity contribution in [3.05, 3.63) is 36.0 Å². The summed E-state index contributed by atoms with van der Waals surface area (Å²) < 4.78 is 50.2. The quantitative estimate of drug-likeness (QED) is 0.699. The van der Waals surface area contributed by atoms with Gasteiger partial charge in [0.05, 0.1) is 12.7 Å². The van der Waals surface area contributed by atoms with Crippen LogP contribution in [-0.4, -0.2) is 29.2 Å². The molecule has 142 valence electrons. The number of hydrogen-bond donors (Lipinski definition) is 0. The molecule has 1 heterocycles. The lowest BCUT2D eigenvalue weighted by molar-refractivity contribution is -0.139. The molecule has 5 nitrogen and oxygen atoms in total. The van der Waals surface area contributed by atoms with E-state index >= 15 is 0 Å². The van der Waals surface area contributed by atoms with Gasteiger partial charge in [-0.15, -0.1) is 0 Å². The lowest BCUT2D eigenvalue weighted by Gasteiger charge is -2.23. The van der Waals surface area contributed by atoms with Crippen LogP contribution in [0.1, 0.15) is 33.3 Å². The largest absolute Gasteiger partial charge is 0.494 e. The summed E-state index contributed by atoms with van der Waals surface area (Å²) in [6.45, 7) is 8.06. The van der Waals surface area contributed by atoms with E-state index in [2.05, 4.69) is 9.97 Å². The minimum absolute atomic E-state index is 0.139. The maximum Gasteiger partial charge on any atom is 0.423 e. The highest BCUT2D eigenvalue weighted by Gasteiger charge is 2.37. The molecule has 0 aliphatic carbocycles. The summed E-state index contributed by atoms with van der Waals surface area (Å²) in [4.78, 5) is 9.63. The first-order valence-corrected chi connectivity index (χ1v) is 8.37. The lowest BCUT2D eigenvalue weighted by Crippen LogP contribution is -2.21. The van der Waals surface area contributed by atoms with Gasteiger partial charge in [-0.3, -0.25) is 0 Å². The number of rotatable bonds is 7. The van der Waals surface area contributed by atoms with E-state index in [4.69, 9.17) is 9.47 Å². The summed E-state index contributed by atoms with van der Waals surface area (Å²) in [5.41, 5.74) is -0.246. The molecule has 0 bridgehead atoms. The van der Waals surface area contributed by atoms with Crippen molar-refractivity contribution in [1.82, 2.24) is 9.97 Å². The monoisotopic (exact) mass is 369 g/mol. The summed E-state index contributed by atoms with van der Waals surface area (Å²) in [5, 5.41) is 0. The maximum absolute atomic E-state index is 13.2. The third-order valence-corrected chi connectivity index (χ3v) is 3.41. The smallest absolute Gasteiger partial charge is 0.423 e. The molecular formula is C18H22F3N3O2. The van der Waals surface area contributed by atoms with Crippen LogP contribution in [0.15, 0.2) is 30.5 Å². The first-order valence-electron chi connectivity index (χ1n) is 8.37. The molecule has 0 spiro atoms. The van der Waals surface area contributed by atoms with Gasteiger partial charge in [-0.2, -0.15) is 18.2 Å². The van der Waals surface area contributed by atoms with E-state index in [9.17, 15) is 13.2 Å². The fraction of sp³-hybridized carbons (Fsp3) is 0.444. The SMILES string of the molecule is CCOc1ccc(N(CC)c2ncc(C(F)(F)F)c(OC(C)C)n2)cc1. The number of anilines is 2. The number of nitrogens with zero attached hydrogens (tertiary/aromatic N) is 3. The van der Waals surface area contributed by atoms with Crippen LogP contribution in [0.4, 0.5) is 24.8 Å². The van der Waals surface area contributed by atoms with Crippen LogP contribution < -0.4 is 14.4 Å². The predicted octanol–water partition coefficient (Wildman–Crippen LogP) is 4.84. The summed E-state index contributed by atoms with van der Waals surface area (Å²) in [6, 6.07) is 7.19. The number of hydrogen-bond acceptors (Lipinski definition) is 5. The minimum atomic E-state index is -4.58. The fourth-order valence-electron chi connectivity index (χ4n) is 2.32. The average Bonchev–Trinajstić information content (AvgIpc) is 2.56. The molecule has 0 aliphatic rings. The molecule has 0 aliphatic heterocycles. The molecule has 0 fully saturated rings. The molecule has 0 amide bonds. The molecule has 2 rings (SSSR count). The van der Waals surface area contributed by atoms with Crippen LogP contribution in [0.25, 0.3) is 0 Å². The first-order chi connectivity index (χ1) is 12.3. The molecule has 0 unspecified atom stereocenters. The number of alkyl halides is 3. The van der Waals surface area contributed by atoms with Crippen molar-refractivity contribution in [2.24, 2.45) is 0 Å². The first kappa shape index (κ1) is 19.8. The van der Waals surface area contributed by atoms with Gasteiger partial charge in [-0.1, -0.05) is 0 Å². The van der Waals surface area contributed by atoms with Crippen molar-refractivity contribution in [3.63, 3.8) is 0 Å². The highest BCUT2D eigenvalue weighted by molar-refractivity contribution is 5.58. The highest BCUT2D eigenvalue weighted by Crippen LogP contribution is 2.36. The van der Waals surface area contributed by atoms with Gasteiger partial charge in [0, 0.05) is 18.4 Å². The molecule has 8 heteroatoms. The van der Waals surface area contributed by atoms with E-state index in [0.29, 0.717) is 18.9 Å². The zero-order valence-corrected chi connectivity index (χ0v) is 15.2. The summed E-state index contributed by atoms with van der Waals surface area (Å²) in [6.07, 6.45) is -4.27. The Labute approximate surface area is 150 Å². The Morgan fingerprint density at radius 2 is 1.77 bits per heavy atom. The van der Waals surface area contributed by atoms with Gasteiger partial charge >= 0.3 is 6.18 Å². The zero-order valence-electron chi connectivity index (χ0n) is 15.2. The van der Waals surface area contributed by atoms with Crippen LogP contribution in [0.3, 0.4) is 0 Å². The molecule has 1 aromatic heterocycles. The van der Waals surface area contributed by atoms with Crippen molar-refractivity contribution >= 4 is 11.6 Å². The number of benzene rings is 1. The van der Waals surface area contributed by atoms with Gasteiger partial charge in [0.25, 0.3) is 0 Å². The van der Waals surface area contributed by atoms with Crippen molar-refractivity contribution in [2.45, 2.75) is 40.0 Å².